The van der Waals surface area contributed by atoms with Gasteiger partial charge in [-0.3, -0.25) is 23.2 Å². The molecule has 2 rings (SSSR count). The van der Waals surface area contributed by atoms with Crippen LogP contribution in [0.5, 0.6) is 0 Å². The van der Waals surface area contributed by atoms with E-state index in [1.807, 2.05) is 48.6 Å². The highest BCUT2D eigenvalue weighted by Crippen LogP contribution is 2.60. The Kier molecular flexibility index (Phi) is 35.7. The number of aliphatic hydroxyl groups excluding tert-OH is 3. The molecular formula is C54H81N3O16P2. The van der Waals surface area contributed by atoms with Gasteiger partial charge in [0.25, 0.3) is 0 Å². The number of hydrogen-bond donors (Lipinski definition) is 6. The van der Waals surface area contributed by atoms with Crippen LogP contribution in [0, 0.1) is 0 Å². The van der Waals surface area contributed by atoms with Crippen LogP contribution in [0.25, 0.3) is 0 Å². The molecule has 3 unspecified atom stereocenters. The number of anilines is 1. The minimum Gasteiger partial charge on any atom is -0.462 e. The van der Waals surface area contributed by atoms with Crippen LogP contribution in [0.2, 0.25) is 0 Å². The third kappa shape index (κ3) is 33.0. The molecule has 7 N–H and O–H groups in total. The summed E-state index contributed by atoms with van der Waals surface area (Å²) in [4.78, 5) is 61.9. The summed E-state index contributed by atoms with van der Waals surface area (Å²) in [5.74, 6) is -1.48. The molecule has 2 heterocycles. The maximum absolute atomic E-state index is 12.9. The van der Waals surface area contributed by atoms with Crippen LogP contribution in [-0.4, -0.2) is 96.9 Å². The molecule has 1 aromatic heterocycles. The van der Waals surface area contributed by atoms with Gasteiger partial charge in [0, 0.05) is 19.0 Å². The lowest BCUT2D eigenvalue weighted by molar-refractivity contribution is -0.161. The second kappa shape index (κ2) is 40.4. The van der Waals surface area contributed by atoms with Gasteiger partial charge in [-0.25, -0.2) is 13.9 Å². The summed E-state index contributed by atoms with van der Waals surface area (Å²) < 4.78 is 56.7. The quantitative estimate of drug-likeness (QED) is 0.0117. The molecule has 1 fully saturated rings. The van der Waals surface area contributed by atoms with Crippen molar-refractivity contribution >= 4 is 33.4 Å². The molecule has 19 nitrogen and oxygen atoms in total. The third-order valence-electron chi connectivity index (χ3n) is 10.6. The summed E-state index contributed by atoms with van der Waals surface area (Å²) in [6.07, 6.45) is 44.6. The van der Waals surface area contributed by atoms with Gasteiger partial charge in [-0.2, -0.15) is 9.29 Å². The van der Waals surface area contributed by atoms with Crippen molar-refractivity contribution in [2.45, 2.75) is 160 Å². The Balaban J connectivity index is 1.86. The summed E-state index contributed by atoms with van der Waals surface area (Å²) in [6.45, 7) is 1.74. The molecule has 1 saturated heterocycles. The van der Waals surface area contributed by atoms with E-state index in [0.717, 1.165) is 75.0 Å². The summed E-state index contributed by atoms with van der Waals surface area (Å²) in [7, 11) is -10.9. The minimum absolute atomic E-state index is 0.0119. The Labute approximate surface area is 442 Å². The van der Waals surface area contributed by atoms with E-state index in [-0.39, 0.29) is 18.7 Å². The van der Waals surface area contributed by atoms with Crippen molar-refractivity contribution in [1.29, 1.82) is 0 Å². The highest BCUT2D eigenvalue weighted by Gasteiger charge is 2.46. The molecule has 21 heteroatoms. The smallest absolute Gasteiger partial charge is 0.462 e. The molecular weight excluding hydrogens is 1010 g/mol. The average molecular weight is 1090 g/mol. The topological polar surface area (TPSA) is 286 Å². The molecule has 75 heavy (non-hydrogen) atoms. The second-order valence-electron chi connectivity index (χ2n) is 17.1. The largest absolute Gasteiger partial charge is 0.481 e. The standard InChI is InChI=1S/C54H81N3O16P2/c1-3-5-7-9-11-12-13-14-15-16-17-18-19-24-27-31-35-39-50(60)71-46(42-68-49(59)38-34-30-26-23-21-20-22-25-29-33-37-45(58)36-32-28-10-8-6-4-2)43-69-74(64,65)73-75(66,67)70-44-47-51(61)52(62)53(72-47)57-41-40-48(55)56-54(57)63/h5-8,11-12,14-15,17-18,20-21,25-26,28-30,32-33,37,40-41,45-47,51-53,58,61-62H,3-4,9-10,13,16,19,22-24,27,31,34-36,38-39,42-44H2,1-2H3,(H,64,65)(H,66,67)(H2,55,56,63)/b7-5-,8-6-,12-11-,15-14-,18-17-,21-20-,29-25-,30-26-,32-28-,37-33+/t45?,46-,47-,51-,52-,53-/m1/s1. The van der Waals surface area contributed by atoms with Crippen LogP contribution in [0.3, 0.4) is 0 Å². The van der Waals surface area contributed by atoms with Crippen molar-refractivity contribution in [3.63, 3.8) is 0 Å². The number of nitrogens with two attached hydrogens (primary N) is 1. The van der Waals surface area contributed by atoms with Crippen LogP contribution in [0.4, 0.5) is 5.82 Å². The average Bonchev–Trinajstić information content (AvgIpc) is 3.64. The van der Waals surface area contributed by atoms with Crippen LogP contribution in [0.1, 0.15) is 129 Å². The van der Waals surface area contributed by atoms with E-state index in [0.29, 0.717) is 32.1 Å². The van der Waals surface area contributed by atoms with Gasteiger partial charge in [-0.15, -0.1) is 0 Å². The van der Waals surface area contributed by atoms with Gasteiger partial charge in [-0.05, 0) is 89.5 Å². The van der Waals surface area contributed by atoms with Crippen LogP contribution >= 0.6 is 15.6 Å². The Bertz CT molecular complexity index is 2250. The molecule has 0 amide bonds. The number of phosphoric ester groups is 2. The van der Waals surface area contributed by atoms with E-state index >= 15 is 0 Å². The Morgan fingerprint density at radius 3 is 1.89 bits per heavy atom. The molecule has 0 aromatic carbocycles. The predicted octanol–water partition coefficient (Wildman–Crippen LogP) is 9.74. The summed E-state index contributed by atoms with van der Waals surface area (Å²) >= 11 is 0. The summed E-state index contributed by atoms with van der Waals surface area (Å²) in [5.41, 5.74) is 4.57. The monoisotopic (exact) mass is 1090 g/mol. The van der Waals surface area contributed by atoms with Crippen molar-refractivity contribution in [2.24, 2.45) is 0 Å². The van der Waals surface area contributed by atoms with Crippen LogP contribution in [0.15, 0.2) is 139 Å². The van der Waals surface area contributed by atoms with Crippen LogP contribution in [-0.2, 0) is 46.3 Å². The van der Waals surface area contributed by atoms with Crippen molar-refractivity contribution in [1.82, 2.24) is 9.55 Å². The number of ether oxygens (including phenoxy) is 3. The predicted molar refractivity (Wildman–Crippen MR) is 290 cm³/mol. The van der Waals surface area contributed by atoms with Gasteiger partial charge in [0.15, 0.2) is 12.3 Å². The van der Waals surface area contributed by atoms with E-state index in [1.54, 1.807) is 12.2 Å². The molecule has 0 spiro atoms. The lowest BCUT2D eigenvalue weighted by Crippen LogP contribution is -2.36. The summed E-state index contributed by atoms with van der Waals surface area (Å²) in [6, 6.07) is 1.24. The van der Waals surface area contributed by atoms with E-state index in [2.05, 4.69) is 83.9 Å². The fraction of sp³-hybridized carbons (Fsp3) is 0.519. The minimum atomic E-state index is -5.46. The fourth-order valence-corrected chi connectivity index (χ4v) is 8.82. The van der Waals surface area contributed by atoms with Crippen molar-refractivity contribution in [2.75, 3.05) is 25.6 Å². The molecule has 1 aliphatic heterocycles. The van der Waals surface area contributed by atoms with Crippen molar-refractivity contribution in [3.8, 4) is 0 Å². The number of hydrogen-bond acceptors (Lipinski definition) is 16. The van der Waals surface area contributed by atoms with Gasteiger partial charge in [0.05, 0.1) is 19.3 Å². The zero-order chi connectivity index (χ0) is 55.0. The number of nitrogen functional groups attached to an aromatic ring is 1. The third-order valence-corrected chi connectivity index (χ3v) is 13.2. The molecule has 0 aliphatic carbocycles. The normalized spacial score (nSPS) is 20.2. The first kappa shape index (κ1) is 66.2. The number of unbranched alkanes of at least 4 members (excludes halogenated alkanes) is 4. The first-order valence-electron chi connectivity index (χ1n) is 25.7. The maximum Gasteiger partial charge on any atom is 0.481 e. The molecule has 0 saturated carbocycles. The molecule has 0 bridgehead atoms. The zero-order valence-electron chi connectivity index (χ0n) is 43.4. The lowest BCUT2D eigenvalue weighted by Gasteiger charge is -2.21. The second-order valence-corrected chi connectivity index (χ2v) is 20.1. The number of rotatable bonds is 40. The highest BCUT2D eigenvalue weighted by atomic mass is 31.3. The molecule has 418 valence electrons. The number of esters is 2. The SMILES string of the molecule is CC/C=C\C/C=C\C/C=C\C/C=C\CCCCCCC(=O)O[C@H](COC(=O)CC/C=C\C/C=C\C/C=C\C=C\C(O)C/C=C\C/C=C\CC)COP(=O)(O)OP(=O)(O)OC[C@H]1O[C@@H](n2ccc(N)nc2=O)[C@H](O)[C@@H]1O. The Morgan fingerprint density at radius 2 is 1.27 bits per heavy atom. The maximum atomic E-state index is 12.9. The van der Waals surface area contributed by atoms with E-state index in [4.69, 9.17) is 29.0 Å². The lowest BCUT2D eigenvalue weighted by atomic mass is 10.1. The molecule has 0 radical (unpaired) electrons. The number of carbonyl (C=O) groups excluding carboxylic acids is 2. The van der Waals surface area contributed by atoms with Crippen molar-refractivity contribution < 1.29 is 71.4 Å². The van der Waals surface area contributed by atoms with E-state index < -0.39 is 89.8 Å². The molecule has 1 aromatic rings. The van der Waals surface area contributed by atoms with Gasteiger partial charge in [0.1, 0.15) is 30.7 Å². The molecule has 8 atom stereocenters. The van der Waals surface area contributed by atoms with Gasteiger partial charge in [-0.1, -0.05) is 148 Å². The van der Waals surface area contributed by atoms with Gasteiger partial charge in [0.2, 0.25) is 0 Å². The van der Waals surface area contributed by atoms with Crippen LogP contribution < -0.4 is 11.4 Å². The number of nitrogens with zero attached hydrogens (tertiary/aromatic N) is 2. The molecule has 1 aliphatic rings. The van der Waals surface area contributed by atoms with E-state index in [9.17, 15) is 48.6 Å². The number of allylic oxidation sites excluding steroid dienone is 18. The Hall–Kier alpha value is -4.88. The van der Waals surface area contributed by atoms with E-state index in [1.165, 1.54) is 6.07 Å². The first-order chi connectivity index (χ1) is 36.1. The zero-order valence-corrected chi connectivity index (χ0v) is 45.2. The highest BCUT2D eigenvalue weighted by molar-refractivity contribution is 7.61. The fourth-order valence-electron chi connectivity index (χ4n) is 6.71. The Morgan fingerprint density at radius 1 is 0.707 bits per heavy atom. The number of phosphoric acid groups is 2. The first-order valence-corrected chi connectivity index (χ1v) is 28.6. The summed E-state index contributed by atoms with van der Waals surface area (Å²) in [5, 5.41) is 31.0. The number of carbonyl (C=O) groups is 2. The van der Waals surface area contributed by atoms with Crippen molar-refractivity contribution in [3.05, 3.63) is 144 Å². The number of aromatic nitrogens is 2. The van der Waals surface area contributed by atoms with Gasteiger partial charge < -0.3 is 45.1 Å². The number of aliphatic hydroxyl groups is 3. The van der Waals surface area contributed by atoms with Gasteiger partial charge >= 0.3 is 33.3 Å².